The Hall–Kier alpha value is -1.89. The fraction of sp³-hybridized carbons (Fsp3) is 0.705. The van der Waals surface area contributed by atoms with Crippen LogP contribution in [0.5, 0.6) is 0 Å². The lowest BCUT2D eigenvalue weighted by molar-refractivity contribution is -0.0853. The van der Waals surface area contributed by atoms with E-state index < -0.39 is 0 Å². The first-order valence-electron chi connectivity index (χ1n) is 18.7. The summed E-state index contributed by atoms with van der Waals surface area (Å²) in [5, 5.41) is 0. The molecular formula is C44H69N. The molecule has 5 saturated carbocycles. The van der Waals surface area contributed by atoms with Gasteiger partial charge in [0.15, 0.2) is 0 Å². The zero-order valence-corrected chi connectivity index (χ0v) is 30.2. The molecule has 11 unspecified atom stereocenters. The number of hydrogen-bond acceptors (Lipinski definition) is 1. The maximum Gasteiger partial charge on any atom is 0.0701 e. The van der Waals surface area contributed by atoms with Gasteiger partial charge in [0.05, 0.1) is 5.69 Å². The summed E-state index contributed by atoms with van der Waals surface area (Å²) in [5.41, 5.74) is 9.80. The zero-order chi connectivity index (χ0) is 32.2. The summed E-state index contributed by atoms with van der Waals surface area (Å²) in [4.78, 5) is 4.90. The first-order chi connectivity index (χ1) is 21.1. The van der Waals surface area contributed by atoms with E-state index in [1.54, 1.807) is 11.1 Å². The molecule has 0 N–H and O–H groups in total. The molecule has 1 heteroatoms. The van der Waals surface area contributed by atoms with Gasteiger partial charge in [0.25, 0.3) is 0 Å². The number of fused-ring (bicyclic) bond motifs is 6. The molecular weight excluding hydrogens is 542 g/mol. The number of nitrogens with zero attached hydrogens (tertiary/aromatic N) is 1. The third kappa shape index (κ3) is 5.11. The highest BCUT2D eigenvalue weighted by Crippen LogP contribution is 2.98. The largest absolute Gasteiger partial charge is 0.256 e. The van der Waals surface area contributed by atoms with Crippen molar-refractivity contribution in [2.75, 3.05) is 0 Å². The van der Waals surface area contributed by atoms with Crippen molar-refractivity contribution >= 4 is 5.57 Å². The third-order valence-corrected chi connectivity index (χ3v) is 14.6. The van der Waals surface area contributed by atoms with Gasteiger partial charge in [0.2, 0.25) is 0 Å². The molecule has 6 aliphatic carbocycles. The molecule has 7 rings (SSSR count). The molecule has 0 radical (unpaired) electrons. The fourth-order valence-electron chi connectivity index (χ4n) is 12.2. The van der Waals surface area contributed by atoms with Crippen molar-refractivity contribution in [3.05, 3.63) is 71.6 Å². The van der Waals surface area contributed by atoms with Crippen LogP contribution in [0.4, 0.5) is 0 Å². The third-order valence-electron chi connectivity index (χ3n) is 14.6. The first-order valence-corrected chi connectivity index (χ1v) is 18.7. The molecule has 0 bridgehead atoms. The second kappa shape index (κ2) is 13.3. The molecule has 11 atom stereocenters. The van der Waals surface area contributed by atoms with Crippen LogP contribution in [0.2, 0.25) is 0 Å². The monoisotopic (exact) mass is 612 g/mol. The lowest BCUT2D eigenvalue weighted by Crippen LogP contribution is -2.54. The average molecular weight is 612 g/mol. The van der Waals surface area contributed by atoms with Gasteiger partial charge in [-0.15, -0.1) is 6.58 Å². The molecule has 0 aromatic carbocycles. The van der Waals surface area contributed by atoms with Crippen molar-refractivity contribution in [2.45, 2.75) is 134 Å². The number of rotatable bonds is 8. The van der Waals surface area contributed by atoms with Gasteiger partial charge >= 0.3 is 0 Å². The van der Waals surface area contributed by atoms with Crippen LogP contribution >= 0.6 is 0 Å². The van der Waals surface area contributed by atoms with E-state index >= 15 is 0 Å². The summed E-state index contributed by atoms with van der Waals surface area (Å²) in [6.45, 7) is 31.7. The van der Waals surface area contributed by atoms with Gasteiger partial charge in [0, 0.05) is 11.6 Å². The van der Waals surface area contributed by atoms with E-state index in [0.29, 0.717) is 10.8 Å². The summed E-state index contributed by atoms with van der Waals surface area (Å²) in [5.74, 6) is 6.92. The summed E-state index contributed by atoms with van der Waals surface area (Å²) in [6.07, 6.45) is 19.1. The molecule has 1 nitrogen and oxygen atoms in total. The highest BCUT2D eigenvalue weighted by molar-refractivity contribution is 5.83. The predicted octanol–water partition coefficient (Wildman–Crippen LogP) is 13.1. The summed E-state index contributed by atoms with van der Waals surface area (Å²) >= 11 is 0. The van der Waals surface area contributed by atoms with Crippen LogP contribution in [0.3, 0.4) is 0 Å². The van der Waals surface area contributed by atoms with Gasteiger partial charge in [-0.2, -0.15) is 0 Å². The van der Waals surface area contributed by atoms with E-state index in [2.05, 4.69) is 72.4 Å². The van der Waals surface area contributed by atoms with Crippen LogP contribution in [-0.2, 0) is 0 Å². The number of aryl methyl sites for hydroxylation is 1. The molecule has 0 aliphatic heterocycles. The van der Waals surface area contributed by atoms with Gasteiger partial charge in [-0.25, -0.2) is 0 Å². The van der Waals surface area contributed by atoms with Gasteiger partial charge < -0.3 is 0 Å². The van der Waals surface area contributed by atoms with Crippen LogP contribution in [0.1, 0.15) is 139 Å². The molecule has 6 aliphatic rings. The van der Waals surface area contributed by atoms with Crippen molar-refractivity contribution in [3.63, 3.8) is 0 Å². The number of hydrogen-bond donors (Lipinski definition) is 0. The van der Waals surface area contributed by atoms with Crippen LogP contribution in [-0.4, -0.2) is 4.98 Å². The Labute approximate surface area is 279 Å². The van der Waals surface area contributed by atoms with E-state index in [4.69, 9.17) is 11.6 Å². The SMILES string of the molecule is C.C=CCC(C/C(C)=C(\C)CC)CC1CCC2C3CC4C5C6C=C(c7ccc(C)cn7)C(=C)C(C)(C3CCC12C)C645.CC.CC. The number of aromatic nitrogens is 1. The minimum atomic E-state index is 0. The Morgan fingerprint density at radius 1 is 1.02 bits per heavy atom. The maximum atomic E-state index is 4.93. The quantitative estimate of drug-likeness (QED) is 0.266. The van der Waals surface area contributed by atoms with Crippen LogP contribution in [0, 0.1) is 70.5 Å². The zero-order valence-electron chi connectivity index (χ0n) is 30.2. The molecule has 1 aromatic heterocycles. The lowest BCUT2D eigenvalue weighted by Gasteiger charge is -2.60. The molecule has 1 spiro atoms. The summed E-state index contributed by atoms with van der Waals surface area (Å²) < 4.78 is 0. The normalized spacial score (nSPS) is 40.5. The second-order valence-corrected chi connectivity index (χ2v) is 15.7. The highest BCUT2D eigenvalue weighted by atomic mass is 15.0. The fourth-order valence-corrected chi connectivity index (χ4v) is 12.2. The molecule has 45 heavy (non-hydrogen) atoms. The lowest BCUT2D eigenvalue weighted by atomic mass is 9.43. The summed E-state index contributed by atoms with van der Waals surface area (Å²) in [7, 11) is 0. The molecule has 0 amide bonds. The Kier molecular flexibility index (Phi) is 10.6. The number of pyridine rings is 1. The van der Waals surface area contributed by atoms with E-state index in [1.165, 1.54) is 74.5 Å². The van der Waals surface area contributed by atoms with Crippen LogP contribution in [0.25, 0.3) is 5.57 Å². The molecule has 250 valence electrons. The highest BCUT2D eigenvalue weighted by Gasteiger charge is 2.94. The first kappa shape index (κ1) is 36.0. The Morgan fingerprint density at radius 2 is 1.73 bits per heavy atom. The standard InChI is InChI=1S/C39H53N.2C2H6.CH4/c1-9-11-27(18-25(5)24(4)10-2)19-28-13-14-31-30-21-34-36-33-20-29(35-15-12-23(3)22-40-35)26(6)38(8,39(33,34)36)32(30)16-17-37(28,31)7;2*1-2;/h9,12,15,20,22,27-28,30-34,36H,1,6,10-11,13-14,16-19,21H2,2-5,7-8H3;2*1-2H3;1H4/b25-24+;;;. The Morgan fingerprint density at radius 3 is 2.36 bits per heavy atom. The van der Waals surface area contributed by atoms with E-state index in [0.717, 1.165) is 53.0 Å². The van der Waals surface area contributed by atoms with Crippen LogP contribution in [0.15, 0.2) is 60.4 Å². The van der Waals surface area contributed by atoms with Crippen molar-refractivity contribution in [3.8, 4) is 0 Å². The number of allylic oxidation sites excluding steroid dienone is 6. The molecule has 0 saturated heterocycles. The van der Waals surface area contributed by atoms with Gasteiger partial charge in [0.1, 0.15) is 0 Å². The molecule has 1 aromatic rings. The van der Waals surface area contributed by atoms with Crippen LogP contribution < -0.4 is 0 Å². The maximum absolute atomic E-state index is 4.93. The van der Waals surface area contributed by atoms with Gasteiger partial charge in [-0.1, -0.05) is 91.8 Å². The minimum absolute atomic E-state index is 0. The predicted molar refractivity (Wildman–Crippen MR) is 198 cm³/mol. The van der Waals surface area contributed by atoms with Crippen molar-refractivity contribution in [2.24, 2.45) is 63.6 Å². The van der Waals surface area contributed by atoms with E-state index in [-0.39, 0.29) is 12.8 Å². The minimum Gasteiger partial charge on any atom is -0.256 e. The van der Waals surface area contributed by atoms with Crippen molar-refractivity contribution in [1.82, 2.24) is 4.98 Å². The smallest absolute Gasteiger partial charge is 0.0701 e. The summed E-state index contributed by atoms with van der Waals surface area (Å²) in [6, 6.07) is 4.48. The van der Waals surface area contributed by atoms with Gasteiger partial charge in [-0.05, 0) is 160 Å². The average Bonchev–Trinajstić information content (AvgIpc) is 3.88. The van der Waals surface area contributed by atoms with E-state index in [1.807, 2.05) is 33.9 Å². The molecule has 1 heterocycles. The topological polar surface area (TPSA) is 12.9 Å². The van der Waals surface area contributed by atoms with Crippen molar-refractivity contribution in [1.29, 1.82) is 0 Å². The Balaban J connectivity index is 0.000000888. The van der Waals surface area contributed by atoms with E-state index in [9.17, 15) is 0 Å². The van der Waals surface area contributed by atoms with Gasteiger partial charge in [-0.3, -0.25) is 4.98 Å². The second-order valence-electron chi connectivity index (χ2n) is 15.7. The molecule has 5 fully saturated rings. The van der Waals surface area contributed by atoms with Crippen molar-refractivity contribution < 1.29 is 0 Å². The Bertz CT molecular complexity index is 1290.